The summed E-state index contributed by atoms with van der Waals surface area (Å²) in [5.41, 5.74) is 0.624. The molecule has 0 aromatic heterocycles. The Hall–Kier alpha value is -1.42. The Kier molecular flexibility index (Phi) is 4.43. The Balaban J connectivity index is 2.15. The standard InChI is InChI=1S/C16H22FNO2/c1-4-5-15(19)18-10-14(20-11-16(18,2)3)12-6-8-13(17)9-7-12/h6-9,14H,4-5,10-11H2,1-3H3. The second-order valence-electron chi connectivity index (χ2n) is 5.92. The van der Waals surface area contributed by atoms with Crippen LogP contribution in [0, 0.1) is 5.82 Å². The summed E-state index contributed by atoms with van der Waals surface area (Å²) < 4.78 is 18.8. The zero-order valence-electron chi connectivity index (χ0n) is 12.4. The van der Waals surface area contributed by atoms with Crippen LogP contribution < -0.4 is 0 Å². The van der Waals surface area contributed by atoms with Crippen molar-refractivity contribution in [1.82, 2.24) is 4.90 Å². The first-order chi connectivity index (χ1) is 9.44. The van der Waals surface area contributed by atoms with Crippen molar-refractivity contribution in [3.63, 3.8) is 0 Å². The second-order valence-corrected chi connectivity index (χ2v) is 5.92. The Morgan fingerprint density at radius 1 is 1.40 bits per heavy atom. The third-order valence-electron chi connectivity index (χ3n) is 3.72. The molecule has 1 unspecified atom stereocenters. The minimum absolute atomic E-state index is 0.160. The first-order valence-electron chi connectivity index (χ1n) is 7.11. The van der Waals surface area contributed by atoms with Gasteiger partial charge in [0.1, 0.15) is 11.9 Å². The molecule has 1 atom stereocenters. The first kappa shape index (κ1) is 15.0. The lowest BCUT2D eigenvalue weighted by atomic mass is 9.97. The average Bonchev–Trinajstić information content (AvgIpc) is 2.40. The van der Waals surface area contributed by atoms with Crippen LogP contribution in [0.15, 0.2) is 24.3 Å². The average molecular weight is 279 g/mol. The lowest BCUT2D eigenvalue weighted by Crippen LogP contribution is -2.56. The molecule has 1 amide bonds. The molecular formula is C16H22FNO2. The van der Waals surface area contributed by atoms with E-state index in [1.165, 1.54) is 12.1 Å². The van der Waals surface area contributed by atoms with Gasteiger partial charge in [-0.15, -0.1) is 0 Å². The van der Waals surface area contributed by atoms with E-state index in [0.717, 1.165) is 12.0 Å². The van der Waals surface area contributed by atoms with Crippen LogP contribution >= 0.6 is 0 Å². The van der Waals surface area contributed by atoms with E-state index in [1.54, 1.807) is 12.1 Å². The smallest absolute Gasteiger partial charge is 0.223 e. The highest BCUT2D eigenvalue weighted by atomic mass is 19.1. The van der Waals surface area contributed by atoms with Crippen LogP contribution in [0.4, 0.5) is 4.39 Å². The Labute approximate surface area is 119 Å². The molecule has 2 rings (SSSR count). The largest absolute Gasteiger partial charge is 0.369 e. The van der Waals surface area contributed by atoms with Crippen molar-refractivity contribution in [2.24, 2.45) is 0 Å². The first-order valence-corrected chi connectivity index (χ1v) is 7.11. The molecule has 0 saturated carbocycles. The Morgan fingerprint density at radius 2 is 2.05 bits per heavy atom. The van der Waals surface area contributed by atoms with Crippen LogP contribution in [0.5, 0.6) is 0 Å². The van der Waals surface area contributed by atoms with Gasteiger partial charge in [-0.25, -0.2) is 4.39 Å². The number of benzene rings is 1. The molecule has 0 spiro atoms. The summed E-state index contributed by atoms with van der Waals surface area (Å²) in [6.07, 6.45) is 1.22. The van der Waals surface area contributed by atoms with E-state index in [0.29, 0.717) is 19.6 Å². The molecule has 20 heavy (non-hydrogen) atoms. The molecule has 1 saturated heterocycles. The lowest BCUT2D eigenvalue weighted by molar-refractivity contribution is -0.154. The fourth-order valence-electron chi connectivity index (χ4n) is 2.52. The molecule has 1 aliphatic heterocycles. The van der Waals surface area contributed by atoms with E-state index in [1.807, 2.05) is 25.7 Å². The molecule has 110 valence electrons. The van der Waals surface area contributed by atoms with Gasteiger partial charge in [-0.1, -0.05) is 19.1 Å². The lowest BCUT2D eigenvalue weighted by Gasteiger charge is -2.45. The number of ether oxygens (including phenoxy) is 1. The number of carbonyl (C=O) groups is 1. The third-order valence-corrected chi connectivity index (χ3v) is 3.72. The van der Waals surface area contributed by atoms with E-state index >= 15 is 0 Å². The van der Waals surface area contributed by atoms with Crippen molar-refractivity contribution >= 4 is 5.91 Å². The maximum atomic E-state index is 13.0. The number of hydrogen-bond donors (Lipinski definition) is 0. The summed E-state index contributed by atoms with van der Waals surface area (Å²) in [7, 11) is 0. The number of hydrogen-bond acceptors (Lipinski definition) is 2. The maximum Gasteiger partial charge on any atom is 0.223 e. The van der Waals surface area contributed by atoms with Crippen molar-refractivity contribution in [1.29, 1.82) is 0 Å². The van der Waals surface area contributed by atoms with Crippen molar-refractivity contribution in [3.05, 3.63) is 35.6 Å². The monoisotopic (exact) mass is 279 g/mol. The number of amides is 1. The normalized spacial score (nSPS) is 21.8. The van der Waals surface area contributed by atoms with Gasteiger partial charge in [-0.3, -0.25) is 4.79 Å². The molecule has 1 aliphatic rings. The molecule has 0 radical (unpaired) electrons. The molecule has 0 bridgehead atoms. The molecule has 1 fully saturated rings. The molecule has 1 heterocycles. The van der Waals surface area contributed by atoms with Gasteiger partial charge in [0.15, 0.2) is 0 Å². The number of carbonyl (C=O) groups excluding carboxylic acids is 1. The summed E-state index contributed by atoms with van der Waals surface area (Å²) in [5.74, 6) is -0.100. The SMILES string of the molecule is CCCC(=O)N1CC(c2ccc(F)cc2)OCC1(C)C. The van der Waals surface area contributed by atoms with E-state index < -0.39 is 0 Å². The molecule has 1 aromatic carbocycles. The summed E-state index contributed by atoms with van der Waals surface area (Å²) in [4.78, 5) is 14.2. The quantitative estimate of drug-likeness (QED) is 0.849. The summed E-state index contributed by atoms with van der Waals surface area (Å²) in [6, 6.07) is 6.30. The van der Waals surface area contributed by atoms with Gasteiger partial charge >= 0.3 is 0 Å². The zero-order chi connectivity index (χ0) is 14.8. The number of halogens is 1. The number of nitrogens with zero attached hydrogens (tertiary/aromatic N) is 1. The van der Waals surface area contributed by atoms with Crippen molar-refractivity contribution in [2.75, 3.05) is 13.2 Å². The molecule has 3 nitrogen and oxygen atoms in total. The zero-order valence-corrected chi connectivity index (χ0v) is 12.4. The number of rotatable bonds is 3. The molecular weight excluding hydrogens is 257 g/mol. The van der Waals surface area contributed by atoms with Crippen LogP contribution in [0.1, 0.15) is 45.3 Å². The minimum atomic E-state index is -0.289. The van der Waals surface area contributed by atoms with Crippen LogP contribution in [0.25, 0.3) is 0 Å². The molecule has 1 aromatic rings. The fourth-order valence-corrected chi connectivity index (χ4v) is 2.52. The predicted molar refractivity (Wildman–Crippen MR) is 75.8 cm³/mol. The van der Waals surface area contributed by atoms with E-state index in [9.17, 15) is 9.18 Å². The van der Waals surface area contributed by atoms with Crippen molar-refractivity contribution < 1.29 is 13.9 Å². The highest BCUT2D eigenvalue weighted by Gasteiger charge is 2.37. The topological polar surface area (TPSA) is 29.5 Å². The van der Waals surface area contributed by atoms with Crippen molar-refractivity contribution in [2.45, 2.75) is 45.3 Å². The second kappa shape index (κ2) is 5.92. The van der Waals surface area contributed by atoms with Gasteiger partial charge in [0.05, 0.1) is 18.7 Å². The van der Waals surface area contributed by atoms with Gasteiger partial charge in [-0.05, 0) is 38.0 Å². The highest BCUT2D eigenvalue weighted by Crippen LogP contribution is 2.31. The molecule has 0 aliphatic carbocycles. The summed E-state index contributed by atoms with van der Waals surface area (Å²) >= 11 is 0. The molecule has 4 heteroatoms. The van der Waals surface area contributed by atoms with Crippen LogP contribution in [0.3, 0.4) is 0 Å². The van der Waals surface area contributed by atoms with Gasteiger partial charge in [-0.2, -0.15) is 0 Å². The fraction of sp³-hybridized carbons (Fsp3) is 0.562. The van der Waals surface area contributed by atoms with Gasteiger partial charge in [0.25, 0.3) is 0 Å². The summed E-state index contributed by atoms with van der Waals surface area (Å²) in [6.45, 7) is 7.05. The van der Waals surface area contributed by atoms with Crippen molar-refractivity contribution in [3.8, 4) is 0 Å². The predicted octanol–water partition coefficient (Wildman–Crippen LogP) is 3.30. The van der Waals surface area contributed by atoms with E-state index in [4.69, 9.17) is 4.74 Å². The van der Waals surface area contributed by atoms with E-state index in [-0.39, 0.29) is 23.4 Å². The minimum Gasteiger partial charge on any atom is -0.369 e. The maximum absolute atomic E-state index is 13.0. The Morgan fingerprint density at radius 3 is 2.65 bits per heavy atom. The number of morpholine rings is 1. The van der Waals surface area contributed by atoms with Crippen LogP contribution in [0.2, 0.25) is 0 Å². The van der Waals surface area contributed by atoms with Gasteiger partial charge in [0.2, 0.25) is 5.91 Å². The van der Waals surface area contributed by atoms with Gasteiger partial charge < -0.3 is 9.64 Å². The van der Waals surface area contributed by atoms with Crippen LogP contribution in [-0.2, 0) is 9.53 Å². The third kappa shape index (κ3) is 3.18. The molecule has 0 N–H and O–H groups in total. The summed E-state index contributed by atoms with van der Waals surface area (Å²) in [5, 5.41) is 0. The highest BCUT2D eigenvalue weighted by molar-refractivity contribution is 5.77. The van der Waals surface area contributed by atoms with E-state index in [2.05, 4.69) is 0 Å². The van der Waals surface area contributed by atoms with Gasteiger partial charge in [0, 0.05) is 6.42 Å². The van der Waals surface area contributed by atoms with Crippen LogP contribution in [-0.4, -0.2) is 29.5 Å². The Bertz CT molecular complexity index is 470.